The fourth-order valence-electron chi connectivity index (χ4n) is 2.75. The van der Waals surface area contributed by atoms with Gasteiger partial charge in [0.25, 0.3) is 5.91 Å². The number of nitrogens with zero attached hydrogens (tertiary/aromatic N) is 1. The number of carboxylic acid groups (broad SMARTS) is 1. The second kappa shape index (κ2) is 7.41. The van der Waals surface area contributed by atoms with Crippen molar-refractivity contribution in [3.05, 3.63) is 28.0 Å². The molecule has 114 valence electrons. The zero-order chi connectivity index (χ0) is 15.2. The van der Waals surface area contributed by atoms with E-state index >= 15 is 0 Å². The van der Waals surface area contributed by atoms with E-state index in [4.69, 9.17) is 5.11 Å². The fraction of sp³-hybridized carbons (Fsp3) is 0.500. The van der Waals surface area contributed by atoms with Gasteiger partial charge in [0, 0.05) is 23.5 Å². The molecule has 1 unspecified atom stereocenters. The van der Waals surface area contributed by atoms with Crippen LogP contribution in [0.5, 0.6) is 0 Å². The first-order valence-corrected chi connectivity index (χ1v) is 8.25. The highest BCUT2D eigenvalue weighted by molar-refractivity contribution is 7.14. The molecule has 1 atom stereocenters. The molecule has 1 aromatic heterocycles. The fourth-order valence-corrected chi connectivity index (χ4v) is 3.62. The molecule has 2 rings (SSSR count). The molecule has 0 aliphatic carbocycles. The van der Waals surface area contributed by atoms with Crippen LogP contribution in [-0.4, -0.2) is 34.5 Å². The smallest absolute Gasteiger partial charge is 0.328 e. The Balaban J connectivity index is 2.09. The zero-order valence-electron chi connectivity index (χ0n) is 12.2. The Morgan fingerprint density at radius 1 is 1.43 bits per heavy atom. The van der Waals surface area contributed by atoms with Crippen LogP contribution in [0, 0.1) is 0 Å². The first-order valence-electron chi connectivity index (χ1n) is 7.43. The maximum absolute atomic E-state index is 12.6. The first kappa shape index (κ1) is 15.8. The Morgan fingerprint density at radius 3 is 2.95 bits per heavy atom. The van der Waals surface area contributed by atoms with Crippen molar-refractivity contribution in [1.82, 2.24) is 4.90 Å². The van der Waals surface area contributed by atoms with Crippen LogP contribution in [0.1, 0.15) is 53.6 Å². The number of rotatable bonds is 5. The van der Waals surface area contributed by atoms with Crippen LogP contribution in [0.25, 0.3) is 6.08 Å². The van der Waals surface area contributed by atoms with Gasteiger partial charge in [-0.25, -0.2) is 4.79 Å². The van der Waals surface area contributed by atoms with E-state index in [1.807, 2.05) is 4.90 Å². The maximum atomic E-state index is 12.6. The SMILES string of the molecule is CCCC1CCCCN1C(=O)c1ccc(/C=C/C(=O)O)s1. The van der Waals surface area contributed by atoms with Crippen LogP contribution in [0.4, 0.5) is 0 Å². The van der Waals surface area contributed by atoms with Gasteiger partial charge in [0.2, 0.25) is 0 Å². The van der Waals surface area contributed by atoms with E-state index in [1.165, 1.54) is 23.8 Å². The van der Waals surface area contributed by atoms with Gasteiger partial charge in [-0.05, 0) is 43.9 Å². The van der Waals surface area contributed by atoms with Crippen molar-refractivity contribution in [2.75, 3.05) is 6.54 Å². The van der Waals surface area contributed by atoms with Crippen LogP contribution in [0.2, 0.25) is 0 Å². The highest BCUT2D eigenvalue weighted by atomic mass is 32.1. The molecule has 4 nitrogen and oxygen atoms in total. The Morgan fingerprint density at radius 2 is 2.24 bits per heavy atom. The minimum atomic E-state index is -0.977. The Kier molecular flexibility index (Phi) is 5.56. The van der Waals surface area contributed by atoms with Gasteiger partial charge >= 0.3 is 5.97 Å². The van der Waals surface area contributed by atoms with Crippen molar-refractivity contribution in [1.29, 1.82) is 0 Å². The first-order chi connectivity index (χ1) is 10.1. The minimum Gasteiger partial charge on any atom is -0.478 e. The normalized spacial score (nSPS) is 19.1. The molecular weight excluding hydrogens is 286 g/mol. The van der Waals surface area contributed by atoms with E-state index in [2.05, 4.69) is 6.92 Å². The lowest BCUT2D eigenvalue weighted by Gasteiger charge is -2.35. The number of piperidine rings is 1. The van der Waals surface area contributed by atoms with E-state index in [-0.39, 0.29) is 5.91 Å². The second-order valence-corrected chi connectivity index (χ2v) is 6.43. The molecule has 21 heavy (non-hydrogen) atoms. The van der Waals surface area contributed by atoms with E-state index in [0.717, 1.165) is 43.2 Å². The molecule has 2 heterocycles. The molecular formula is C16H21NO3S. The average Bonchev–Trinajstić information content (AvgIpc) is 2.94. The summed E-state index contributed by atoms with van der Waals surface area (Å²) in [5, 5.41) is 8.63. The van der Waals surface area contributed by atoms with Gasteiger partial charge in [0.15, 0.2) is 0 Å². The molecule has 1 aliphatic rings. The van der Waals surface area contributed by atoms with E-state index in [0.29, 0.717) is 10.9 Å². The van der Waals surface area contributed by atoms with E-state index in [1.54, 1.807) is 12.1 Å². The van der Waals surface area contributed by atoms with Crippen LogP contribution in [0.3, 0.4) is 0 Å². The number of carbonyl (C=O) groups excluding carboxylic acids is 1. The number of hydrogen-bond acceptors (Lipinski definition) is 3. The summed E-state index contributed by atoms with van der Waals surface area (Å²) in [5.41, 5.74) is 0. The van der Waals surface area contributed by atoms with Gasteiger partial charge < -0.3 is 10.0 Å². The lowest BCUT2D eigenvalue weighted by molar-refractivity contribution is -0.131. The summed E-state index contributed by atoms with van der Waals surface area (Å²) in [6.45, 7) is 2.99. The van der Waals surface area contributed by atoms with Crippen LogP contribution in [-0.2, 0) is 4.79 Å². The van der Waals surface area contributed by atoms with Crippen molar-refractivity contribution in [3.63, 3.8) is 0 Å². The van der Waals surface area contributed by atoms with Crippen LogP contribution >= 0.6 is 11.3 Å². The van der Waals surface area contributed by atoms with Crippen LogP contribution in [0.15, 0.2) is 18.2 Å². The highest BCUT2D eigenvalue weighted by Gasteiger charge is 2.27. The Hall–Kier alpha value is -1.62. The molecule has 1 amide bonds. The summed E-state index contributed by atoms with van der Waals surface area (Å²) < 4.78 is 0. The van der Waals surface area contributed by atoms with Crippen LogP contribution < -0.4 is 0 Å². The third-order valence-electron chi connectivity index (χ3n) is 3.74. The summed E-state index contributed by atoms with van der Waals surface area (Å²) in [7, 11) is 0. The third kappa shape index (κ3) is 4.17. The number of amides is 1. The second-order valence-electron chi connectivity index (χ2n) is 5.31. The van der Waals surface area contributed by atoms with Gasteiger partial charge in [-0.3, -0.25) is 4.79 Å². The highest BCUT2D eigenvalue weighted by Crippen LogP contribution is 2.26. The van der Waals surface area contributed by atoms with Crippen molar-refractivity contribution in [3.8, 4) is 0 Å². The molecule has 0 aromatic carbocycles. The summed E-state index contributed by atoms with van der Waals surface area (Å²) >= 11 is 1.36. The largest absolute Gasteiger partial charge is 0.478 e. The minimum absolute atomic E-state index is 0.0909. The maximum Gasteiger partial charge on any atom is 0.328 e. The molecule has 0 bridgehead atoms. The molecule has 1 aliphatic heterocycles. The van der Waals surface area contributed by atoms with E-state index < -0.39 is 5.97 Å². The number of carbonyl (C=O) groups is 2. The number of thiophene rings is 1. The lowest BCUT2D eigenvalue weighted by Crippen LogP contribution is -2.43. The number of likely N-dealkylation sites (tertiary alicyclic amines) is 1. The van der Waals surface area contributed by atoms with E-state index in [9.17, 15) is 9.59 Å². The summed E-state index contributed by atoms with van der Waals surface area (Å²) in [6.07, 6.45) is 8.14. The standard InChI is InChI=1S/C16H21NO3S/c1-2-5-12-6-3-4-11-17(12)16(20)14-9-7-13(21-14)8-10-15(18)19/h7-10,12H,2-6,11H2,1H3,(H,18,19)/b10-8+. The van der Waals surface area contributed by atoms with Gasteiger partial charge in [-0.1, -0.05) is 13.3 Å². The summed E-state index contributed by atoms with van der Waals surface area (Å²) in [5.74, 6) is -0.886. The number of carboxylic acids is 1. The number of hydrogen-bond donors (Lipinski definition) is 1. The van der Waals surface area contributed by atoms with Crippen molar-refractivity contribution in [2.45, 2.75) is 45.1 Å². The van der Waals surface area contributed by atoms with Gasteiger partial charge in [0.1, 0.15) is 0 Å². The average molecular weight is 307 g/mol. The molecule has 1 aromatic rings. The third-order valence-corrected chi connectivity index (χ3v) is 4.78. The van der Waals surface area contributed by atoms with Crippen molar-refractivity contribution in [2.24, 2.45) is 0 Å². The van der Waals surface area contributed by atoms with Crippen molar-refractivity contribution >= 4 is 29.3 Å². The molecule has 1 saturated heterocycles. The summed E-state index contributed by atoms with van der Waals surface area (Å²) in [4.78, 5) is 26.6. The Bertz CT molecular complexity index is 533. The molecule has 0 radical (unpaired) electrons. The van der Waals surface area contributed by atoms with Gasteiger partial charge in [-0.15, -0.1) is 11.3 Å². The summed E-state index contributed by atoms with van der Waals surface area (Å²) in [6, 6.07) is 3.96. The predicted molar refractivity (Wildman–Crippen MR) is 84.6 cm³/mol. The van der Waals surface area contributed by atoms with Gasteiger partial charge in [0.05, 0.1) is 4.88 Å². The van der Waals surface area contributed by atoms with Crippen molar-refractivity contribution < 1.29 is 14.7 Å². The molecule has 1 fully saturated rings. The quantitative estimate of drug-likeness (QED) is 0.845. The predicted octanol–water partition coefficient (Wildman–Crippen LogP) is 3.64. The zero-order valence-corrected chi connectivity index (χ0v) is 13.1. The molecule has 1 N–H and O–H groups in total. The monoisotopic (exact) mass is 307 g/mol. The lowest BCUT2D eigenvalue weighted by atomic mass is 9.98. The molecule has 0 spiro atoms. The number of aliphatic carboxylic acids is 1. The Labute approximate surface area is 129 Å². The molecule has 0 saturated carbocycles. The van der Waals surface area contributed by atoms with Gasteiger partial charge in [-0.2, -0.15) is 0 Å². The topological polar surface area (TPSA) is 57.6 Å². The molecule has 5 heteroatoms.